The molecule has 1 fully saturated rings. The van der Waals surface area contributed by atoms with Crippen LogP contribution in [0.5, 0.6) is 5.75 Å². The number of nitrogens with two attached hydrogens (primary N) is 2. The first-order valence-electron chi connectivity index (χ1n) is 12.2. The summed E-state index contributed by atoms with van der Waals surface area (Å²) in [5, 5.41) is 44.5. The maximum Gasteiger partial charge on any atom is 0.255 e. The van der Waals surface area contributed by atoms with E-state index in [0.29, 0.717) is 22.4 Å². The molecule has 0 heterocycles. The molecule has 4 atom stereocenters. The average molecular weight is 530 g/mol. The molecular formula is C29H27N3O7. The molecule has 0 unspecified atom stereocenters. The van der Waals surface area contributed by atoms with Crippen molar-refractivity contribution in [2.45, 2.75) is 24.5 Å². The van der Waals surface area contributed by atoms with Gasteiger partial charge in [-0.15, -0.1) is 0 Å². The van der Waals surface area contributed by atoms with Gasteiger partial charge in [0, 0.05) is 28.3 Å². The van der Waals surface area contributed by atoms with Crippen LogP contribution in [0.25, 0.3) is 5.76 Å². The maximum atomic E-state index is 13.9. The molecule has 0 bridgehead atoms. The van der Waals surface area contributed by atoms with Crippen molar-refractivity contribution in [3.63, 3.8) is 0 Å². The van der Waals surface area contributed by atoms with Crippen LogP contribution < -0.4 is 11.5 Å². The number of phenols is 1. The minimum Gasteiger partial charge on any atom is -0.508 e. The summed E-state index contributed by atoms with van der Waals surface area (Å²) in [7, 11) is 3.10. The Morgan fingerprint density at radius 2 is 1.72 bits per heavy atom. The number of hydrogen-bond donors (Lipinski definition) is 6. The molecule has 3 aliphatic rings. The second kappa shape index (κ2) is 9.01. The molecule has 1 amide bonds. The number of benzene rings is 2. The number of rotatable bonds is 2. The Hall–Kier alpha value is -4.59. The van der Waals surface area contributed by atoms with E-state index >= 15 is 0 Å². The second-order valence-corrected chi connectivity index (χ2v) is 10.3. The van der Waals surface area contributed by atoms with E-state index in [0.717, 1.165) is 0 Å². The summed E-state index contributed by atoms with van der Waals surface area (Å²) in [6.45, 7) is 0. The van der Waals surface area contributed by atoms with Crippen LogP contribution in [0.15, 0.2) is 53.3 Å². The van der Waals surface area contributed by atoms with Gasteiger partial charge in [0.25, 0.3) is 5.91 Å². The minimum atomic E-state index is -2.67. The number of ketones is 2. The molecule has 0 aliphatic heterocycles. The summed E-state index contributed by atoms with van der Waals surface area (Å²) < 4.78 is 0. The maximum absolute atomic E-state index is 13.9. The summed E-state index contributed by atoms with van der Waals surface area (Å²) >= 11 is 0. The van der Waals surface area contributed by atoms with Gasteiger partial charge in [0.1, 0.15) is 22.8 Å². The van der Waals surface area contributed by atoms with Crippen LogP contribution in [0.2, 0.25) is 0 Å². The van der Waals surface area contributed by atoms with Crippen molar-refractivity contribution in [3.05, 3.63) is 75.6 Å². The summed E-state index contributed by atoms with van der Waals surface area (Å²) in [6.07, 6.45) is 0.168. The van der Waals surface area contributed by atoms with Gasteiger partial charge in [-0.3, -0.25) is 19.3 Å². The molecular weight excluding hydrogens is 502 g/mol. The van der Waals surface area contributed by atoms with Crippen LogP contribution in [0, 0.1) is 23.7 Å². The van der Waals surface area contributed by atoms with Crippen molar-refractivity contribution in [2.24, 2.45) is 17.6 Å². The van der Waals surface area contributed by atoms with Gasteiger partial charge in [-0.1, -0.05) is 11.8 Å². The molecule has 39 heavy (non-hydrogen) atoms. The van der Waals surface area contributed by atoms with Crippen LogP contribution in [-0.4, -0.2) is 68.5 Å². The van der Waals surface area contributed by atoms with E-state index in [1.54, 1.807) is 44.4 Å². The number of aliphatic hydroxyl groups excluding tert-OH is 2. The van der Waals surface area contributed by atoms with Crippen LogP contribution in [-0.2, 0) is 20.8 Å². The van der Waals surface area contributed by atoms with Crippen molar-refractivity contribution in [3.8, 4) is 17.6 Å². The number of aliphatic hydroxyl groups is 3. The molecule has 0 aromatic heterocycles. The first-order valence-corrected chi connectivity index (χ1v) is 12.2. The molecule has 10 heteroatoms. The Bertz CT molecular complexity index is 1580. The number of likely N-dealkylation sites (N-methyl/N-ethyl adjacent to an activating group) is 1. The van der Waals surface area contributed by atoms with Gasteiger partial charge in [-0.2, -0.15) is 0 Å². The minimum absolute atomic E-state index is 0.00426. The van der Waals surface area contributed by atoms with Gasteiger partial charge in [-0.25, -0.2) is 0 Å². The van der Waals surface area contributed by atoms with Crippen molar-refractivity contribution in [1.29, 1.82) is 0 Å². The van der Waals surface area contributed by atoms with E-state index < -0.39 is 58.0 Å². The highest BCUT2D eigenvalue weighted by atomic mass is 16.3. The molecule has 200 valence electrons. The smallest absolute Gasteiger partial charge is 0.255 e. The highest BCUT2D eigenvalue weighted by molar-refractivity contribution is 6.24. The van der Waals surface area contributed by atoms with Gasteiger partial charge in [0.05, 0.1) is 11.6 Å². The van der Waals surface area contributed by atoms with E-state index in [4.69, 9.17) is 11.5 Å². The lowest BCUT2D eigenvalue weighted by Crippen LogP contribution is -2.65. The molecule has 0 spiro atoms. The SMILES string of the molecule is CN(C)[C@H]1C(=O)C(C(N)=O)=C(O)[C@@]2(O)C(=O)C3=C(O)c4c(O)ccc(C#Cc5ccc(N)cc5)c4C[C@H]3C[C@H]12. The number of carbonyl (C=O) groups excluding carboxylic acids is 3. The third kappa shape index (κ3) is 3.78. The first-order chi connectivity index (χ1) is 18.4. The highest BCUT2D eigenvalue weighted by Crippen LogP contribution is 2.52. The molecule has 2 aromatic carbocycles. The van der Waals surface area contributed by atoms with E-state index in [1.165, 1.54) is 11.0 Å². The van der Waals surface area contributed by atoms with Gasteiger partial charge in [0.2, 0.25) is 5.78 Å². The average Bonchev–Trinajstić information content (AvgIpc) is 2.86. The fraction of sp³-hybridized carbons (Fsp3) is 0.276. The number of fused-ring (bicyclic) bond motifs is 3. The Labute approximate surface area is 223 Å². The van der Waals surface area contributed by atoms with Crippen LogP contribution in [0.3, 0.4) is 0 Å². The third-order valence-electron chi connectivity index (χ3n) is 7.86. The third-order valence-corrected chi connectivity index (χ3v) is 7.86. The number of Topliss-reactive ketones (excluding diaryl/α,β-unsaturated/α-hetero) is 2. The van der Waals surface area contributed by atoms with Crippen LogP contribution in [0.4, 0.5) is 5.69 Å². The fourth-order valence-corrected chi connectivity index (χ4v) is 6.07. The van der Waals surface area contributed by atoms with E-state index in [1.807, 2.05) is 0 Å². The molecule has 0 radical (unpaired) electrons. The van der Waals surface area contributed by atoms with Crippen molar-refractivity contribution in [1.82, 2.24) is 4.90 Å². The zero-order valence-corrected chi connectivity index (χ0v) is 21.2. The zero-order chi connectivity index (χ0) is 28.4. The molecule has 0 saturated heterocycles. The normalized spacial score (nSPS) is 26.0. The molecule has 3 aliphatic carbocycles. The Morgan fingerprint density at radius 3 is 2.33 bits per heavy atom. The Balaban J connectivity index is 1.68. The number of nitrogens with zero attached hydrogens (tertiary/aromatic N) is 1. The highest BCUT2D eigenvalue weighted by Gasteiger charge is 2.64. The lowest BCUT2D eigenvalue weighted by atomic mass is 9.57. The van der Waals surface area contributed by atoms with E-state index in [-0.39, 0.29) is 29.7 Å². The van der Waals surface area contributed by atoms with Gasteiger partial charge < -0.3 is 31.9 Å². The summed E-state index contributed by atoms with van der Waals surface area (Å²) in [5.74, 6) is -0.833. The van der Waals surface area contributed by atoms with Crippen LogP contribution in [0.1, 0.15) is 28.7 Å². The number of phenolic OH excluding ortho intramolecular Hbond substituents is 1. The van der Waals surface area contributed by atoms with Crippen molar-refractivity contribution < 1.29 is 34.8 Å². The lowest BCUT2D eigenvalue weighted by molar-refractivity contribution is -0.153. The molecule has 5 rings (SSSR count). The quantitative estimate of drug-likeness (QED) is 0.187. The first kappa shape index (κ1) is 26.0. The summed E-state index contributed by atoms with van der Waals surface area (Å²) in [4.78, 5) is 40.6. The van der Waals surface area contributed by atoms with Crippen molar-refractivity contribution in [2.75, 3.05) is 19.8 Å². The molecule has 10 nitrogen and oxygen atoms in total. The predicted molar refractivity (Wildman–Crippen MR) is 141 cm³/mol. The lowest BCUT2D eigenvalue weighted by Gasteiger charge is -2.50. The number of amides is 1. The van der Waals surface area contributed by atoms with Crippen LogP contribution >= 0.6 is 0 Å². The summed E-state index contributed by atoms with van der Waals surface area (Å²) in [6, 6.07) is 8.75. The molecule has 8 N–H and O–H groups in total. The zero-order valence-electron chi connectivity index (χ0n) is 21.2. The standard InChI is InChI=1S/C29H27N3O7/c1-32(2)23-18-12-15-11-17-14(6-3-13-4-8-16(30)9-5-13)7-10-19(33)21(17)24(34)20(15)26(36)29(18,39)27(37)22(25(23)35)28(31)38/h4-5,7-10,15,18,23,33-34,37,39H,11-12,30H2,1-2H3,(H2,31,38)/t15-,18+,23+,29-/m0/s1. The molecule has 1 saturated carbocycles. The largest absolute Gasteiger partial charge is 0.508 e. The summed E-state index contributed by atoms with van der Waals surface area (Å²) in [5.41, 5.74) is 9.65. The number of carbonyl (C=O) groups is 3. The predicted octanol–water partition coefficient (Wildman–Crippen LogP) is 0.946. The topological polar surface area (TPSA) is 187 Å². The molecule has 2 aromatic rings. The van der Waals surface area contributed by atoms with Gasteiger partial charge in [-0.05, 0) is 74.8 Å². The number of aromatic hydroxyl groups is 1. The second-order valence-electron chi connectivity index (χ2n) is 10.3. The number of hydrogen-bond acceptors (Lipinski definition) is 9. The van der Waals surface area contributed by atoms with Crippen molar-refractivity contribution >= 4 is 28.9 Å². The van der Waals surface area contributed by atoms with E-state index in [2.05, 4.69) is 11.8 Å². The Morgan fingerprint density at radius 1 is 1.05 bits per heavy atom. The van der Waals surface area contributed by atoms with Gasteiger partial charge in [0.15, 0.2) is 11.4 Å². The number of anilines is 1. The fourth-order valence-electron chi connectivity index (χ4n) is 6.07. The Kier molecular flexibility index (Phi) is 6.01. The van der Waals surface area contributed by atoms with E-state index in [9.17, 15) is 34.8 Å². The van der Waals surface area contributed by atoms with Gasteiger partial charge >= 0.3 is 0 Å². The number of primary amides is 1. The number of nitrogen functional groups attached to an aromatic ring is 1. The monoisotopic (exact) mass is 529 g/mol.